The Morgan fingerprint density at radius 2 is 1.97 bits per heavy atom. The van der Waals surface area contributed by atoms with Gasteiger partial charge in [-0.2, -0.15) is 0 Å². The van der Waals surface area contributed by atoms with Gasteiger partial charge in [0.25, 0.3) is 0 Å². The van der Waals surface area contributed by atoms with Gasteiger partial charge in [0.05, 0.1) is 12.6 Å². The van der Waals surface area contributed by atoms with Crippen molar-refractivity contribution in [2.45, 2.75) is 33.3 Å². The summed E-state index contributed by atoms with van der Waals surface area (Å²) in [7, 11) is 1.61. The smallest absolute Gasteiger partial charge is 0.410 e. The first-order valence-electron chi connectivity index (χ1n) is 11.6. The lowest BCUT2D eigenvalue weighted by molar-refractivity contribution is 0.0694. The molecule has 1 aromatic heterocycles. The molecule has 0 unspecified atom stereocenters. The van der Waals surface area contributed by atoms with Crippen LogP contribution in [0.15, 0.2) is 73.4 Å². The number of amides is 1. The van der Waals surface area contributed by atoms with E-state index in [1.807, 2.05) is 54.6 Å². The summed E-state index contributed by atoms with van der Waals surface area (Å²) in [5.41, 5.74) is 2.41. The highest BCUT2D eigenvalue weighted by atomic mass is 16.6. The van der Waals surface area contributed by atoms with Crippen molar-refractivity contribution in [1.29, 1.82) is 0 Å². The Morgan fingerprint density at radius 3 is 2.71 bits per heavy atom. The van der Waals surface area contributed by atoms with Gasteiger partial charge in [0.2, 0.25) is 0 Å². The minimum absolute atomic E-state index is 0. The van der Waals surface area contributed by atoms with E-state index in [1.165, 1.54) is 0 Å². The molecule has 1 amide bonds. The van der Waals surface area contributed by atoms with Crippen LogP contribution in [0, 0.1) is 11.8 Å². The first-order valence-corrected chi connectivity index (χ1v) is 11.6. The predicted octanol–water partition coefficient (Wildman–Crippen LogP) is 6.30. The van der Waals surface area contributed by atoms with E-state index in [1.54, 1.807) is 24.3 Å². The maximum absolute atomic E-state index is 13.1. The maximum Gasteiger partial charge on any atom is 0.410 e. The molecule has 1 aliphatic heterocycles. The Morgan fingerprint density at radius 1 is 1.17 bits per heavy atom. The third-order valence-corrected chi connectivity index (χ3v) is 6.56. The van der Waals surface area contributed by atoms with E-state index in [0.29, 0.717) is 36.7 Å². The second-order valence-electron chi connectivity index (χ2n) is 8.64. The molecule has 184 valence electrons. The van der Waals surface area contributed by atoms with Gasteiger partial charge >= 0.3 is 6.09 Å². The molecule has 0 spiro atoms. The summed E-state index contributed by atoms with van der Waals surface area (Å²) in [5.74, 6) is 1.21. The second kappa shape index (κ2) is 12.2. The number of methoxy groups -OCH3 is 1. The molecule has 0 N–H and O–H groups in total. The van der Waals surface area contributed by atoms with E-state index < -0.39 is 0 Å². The van der Waals surface area contributed by atoms with Crippen molar-refractivity contribution in [3.05, 3.63) is 84.6 Å². The van der Waals surface area contributed by atoms with Crippen LogP contribution in [-0.4, -0.2) is 42.0 Å². The summed E-state index contributed by atoms with van der Waals surface area (Å²) in [4.78, 5) is 31.8. The zero-order chi connectivity index (χ0) is 23.9. The predicted molar refractivity (Wildman–Crippen MR) is 139 cm³/mol. The fraction of sp³-hybridized carbons (Fsp3) is 0.345. The topological polar surface area (TPSA) is 68.7 Å². The Labute approximate surface area is 207 Å². The summed E-state index contributed by atoms with van der Waals surface area (Å²) in [5, 5.41) is 0.808. The number of nitrogens with zero attached hydrogens (tertiary/aromatic N) is 2. The fourth-order valence-corrected chi connectivity index (χ4v) is 4.58. The van der Waals surface area contributed by atoms with Crippen LogP contribution in [-0.2, 0) is 11.3 Å². The van der Waals surface area contributed by atoms with Gasteiger partial charge in [0.1, 0.15) is 12.4 Å². The van der Waals surface area contributed by atoms with Crippen LogP contribution in [0.25, 0.3) is 10.9 Å². The number of ether oxygens (including phenoxy) is 2. The van der Waals surface area contributed by atoms with Gasteiger partial charge in [-0.15, -0.1) is 6.58 Å². The van der Waals surface area contributed by atoms with Gasteiger partial charge in [-0.05, 0) is 54.5 Å². The summed E-state index contributed by atoms with van der Waals surface area (Å²) in [6.45, 7) is 5.42. The molecule has 4 rings (SSSR count). The van der Waals surface area contributed by atoms with Crippen molar-refractivity contribution in [3.8, 4) is 5.75 Å². The molecule has 3 aromatic rings. The van der Waals surface area contributed by atoms with Crippen LogP contribution in [0.3, 0.4) is 0 Å². The van der Waals surface area contributed by atoms with E-state index in [2.05, 4.69) is 11.6 Å². The number of rotatable bonds is 8. The lowest BCUT2D eigenvalue weighted by Crippen LogP contribution is -2.43. The largest absolute Gasteiger partial charge is 0.497 e. The third kappa shape index (κ3) is 6.27. The molecule has 1 fully saturated rings. The number of piperidine rings is 1. The molecule has 2 heterocycles. The third-order valence-electron chi connectivity index (χ3n) is 6.56. The number of pyridine rings is 1. The molecule has 2 aromatic carbocycles. The molecule has 0 radical (unpaired) electrons. The molecular formula is C29H34N2O4. The molecule has 35 heavy (non-hydrogen) atoms. The monoisotopic (exact) mass is 474 g/mol. The molecule has 1 aliphatic rings. The molecule has 2 atom stereocenters. The highest BCUT2D eigenvalue weighted by Gasteiger charge is 2.31. The highest BCUT2D eigenvalue weighted by Crippen LogP contribution is 2.30. The maximum atomic E-state index is 13.1. The van der Waals surface area contributed by atoms with Crippen molar-refractivity contribution in [3.63, 3.8) is 0 Å². The zero-order valence-corrected chi connectivity index (χ0v) is 19.5. The normalized spacial score (nSPS) is 17.3. The summed E-state index contributed by atoms with van der Waals surface area (Å²) < 4.78 is 10.8. The Kier molecular flexibility index (Phi) is 9.01. The van der Waals surface area contributed by atoms with Gasteiger partial charge in [0.15, 0.2) is 5.78 Å². The first kappa shape index (κ1) is 25.9. The lowest BCUT2D eigenvalue weighted by atomic mass is 9.81. The zero-order valence-electron chi connectivity index (χ0n) is 19.5. The minimum atomic E-state index is -0.303. The quantitative estimate of drug-likeness (QED) is 0.283. The van der Waals surface area contributed by atoms with E-state index in [9.17, 15) is 9.59 Å². The van der Waals surface area contributed by atoms with Gasteiger partial charge in [-0.25, -0.2) is 4.79 Å². The van der Waals surface area contributed by atoms with Gasteiger partial charge in [-0.1, -0.05) is 43.8 Å². The van der Waals surface area contributed by atoms with Gasteiger partial charge in [-0.3, -0.25) is 9.78 Å². The van der Waals surface area contributed by atoms with E-state index in [0.717, 1.165) is 29.3 Å². The first-order chi connectivity index (χ1) is 16.6. The van der Waals surface area contributed by atoms with E-state index >= 15 is 0 Å². The Hall–Kier alpha value is -3.67. The fourth-order valence-electron chi connectivity index (χ4n) is 4.58. The standard InChI is InChI=1S/C28H30N2O4.CH4/c1-3-21-18-30(28(32)34-19-20-7-5-4-6-8-20)16-14-22(21)9-12-27(31)24-13-15-29-26-11-10-23(33-2)17-25(24)26;/h3-8,10-11,13,15,17,21-22H,1,9,12,14,16,18-19H2,2H3;1H4/t21-,22+;/m0./s1. The molecule has 6 heteroatoms. The summed E-state index contributed by atoms with van der Waals surface area (Å²) >= 11 is 0. The van der Waals surface area contributed by atoms with Gasteiger partial charge in [0, 0.05) is 36.7 Å². The summed E-state index contributed by atoms with van der Waals surface area (Å²) in [6, 6.07) is 17.0. The van der Waals surface area contributed by atoms with Crippen LogP contribution < -0.4 is 4.74 Å². The number of hydrogen-bond donors (Lipinski definition) is 0. The van der Waals surface area contributed by atoms with Crippen LogP contribution in [0.1, 0.15) is 42.6 Å². The number of fused-ring (bicyclic) bond motifs is 1. The SMILES string of the molecule is C.C=C[C@H]1CN(C(=O)OCc2ccccc2)CC[C@H]1CCC(=O)c1ccnc2ccc(OC)cc12. The molecule has 0 bridgehead atoms. The number of carbonyl (C=O) groups excluding carboxylic acids is 2. The number of Topliss-reactive ketones (excluding diaryl/α,β-unsaturated/α-hetero) is 1. The lowest BCUT2D eigenvalue weighted by Gasteiger charge is -2.36. The van der Waals surface area contributed by atoms with Crippen LogP contribution >= 0.6 is 0 Å². The number of benzene rings is 2. The Bertz CT molecular complexity index is 1160. The van der Waals surface area contributed by atoms with Crippen molar-refractivity contribution in [2.75, 3.05) is 20.2 Å². The average molecular weight is 475 g/mol. The van der Waals surface area contributed by atoms with Gasteiger partial charge < -0.3 is 14.4 Å². The number of carbonyl (C=O) groups is 2. The van der Waals surface area contributed by atoms with Crippen LogP contribution in [0.4, 0.5) is 4.79 Å². The van der Waals surface area contributed by atoms with Crippen molar-refractivity contribution in [1.82, 2.24) is 9.88 Å². The number of hydrogen-bond acceptors (Lipinski definition) is 5. The van der Waals surface area contributed by atoms with Crippen molar-refractivity contribution >= 4 is 22.8 Å². The number of ketones is 1. The van der Waals surface area contributed by atoms with E-state index in [4.69, 9.17) is 9.47 Å². The van der Waals surface area contributed by atoms with Crippen LogP contribution in [0.5, 0.6) is 5.75 Å². The second-order valence-corrected chi connectivity index (χ2v) is 8.64. The molecule has 0 aliphatic carbocycles. The van der Waals surface area contributed by atoms with Crippen molar-refractivity contribution < 1.29 is 19.1 Å². The Balaban J connectivity index is 0.00000342. The molecule has 1 saturated heterocycles. The van der Waals surface area contributed by atoms with E-state index in [-0.39, 0.29) is 31.8 Å². The molecular weight excluding hydrogens is 440 g/mol. The van der Waals surface area contributed by atoms with Crippen LogP contribution in [0.2, 0.25) is 0 Å². The molecule has 0 saturated carbocycles. The summed E-state index contributed by atoms with van der Waals surface area (Å²) in [6.07, 6.45) is 5.27. The van der Waals surface area contributed by atoms with Crippen molar-refractivity contribution in [2.24, 2.45) is 11.8 Å². The number of likely N-dealkylation sites (tertiary alicyclic amines) is 1. The molecule has 6 nitrogen and oxygen atoms in total. The average Bonchev–Trinajstić information content (AvgIpc) is 2.90. The highest BCUT2D eigenvalue weighted by molar-refractivity contribution is 6.07. The minimum Gasteiger partial charge on any atom is -0.497 e. The number of aromatic nitrogens is 1.